The molecule has 0 radical (unpaired) electrons. The summed E-state index contributed by atoms with van der Waals surface area (Å²) in [6, 6.07) is 8.37. The number of nitrogens with one attached hydrogen (secondary N) is 1. The van der Waals surface area contributed by atoms with Gasteiger partial charge in [-0.1, -0.05) is 12.1 Å². The molecule has 0 fully saturated rings. The van der Waals surface area contributed by atoms with Crippen LogP contribution >= 0.6 is 0 Å². The van der Waals surface area contributed by atoms with Crippen molar-refractivity contribution in [2.45, 2.75) is 13.3 Å². The Morgan fingerprint density at radius 1 is 1.12 bits per heavy atom. The van der Waals surface area contributed by atoms with Crippen LogP contribution in [0, 0.1) is 0 Å². The maximum Gasteiger partial charge on any atom is 0.0700 e. The van der Waals surface area contributed by atoms with E-state index in [0.717, 1.165) is 25.3 Å². The molecule has 0 saturated carbocycles. The molecule has 1 rings (SSSR count). The van der Waals surface area contributed by atoms with Gasteiger partial charge in [-0.2, -0.15) is 0 Å². The Morgan fingerprint density at radius 2 is 1.94 bits per heavy atom. The van der Waals surface area contributed by atoms with Gasteiger partial charge in [-0.3, -0.25) is 0 Å². The number of hydrogen-bond donors (Lipinski definition) is 1. The summed E-state index contributed by atoms with van der Waals surface area (Å²) in [4.78, 5) is 0. The van der Waals surface area contributed by atoms with Crippen LogP contribution in [0.2, 0.25) is 0 Å². The van der Waals surface area contributed by atoms with Crippen LogP contribution in [0.3, 0.4) is 0 Å². The molecule has 0 bridgehead atoms. The Kier molecular flexibility index (Phi) is 6.61. The molecule has 0 unspecified atom stereocenters. The first kappa shape index (κ1) is 13.0. The summed E-state index contributed by atoms with van der Waals surface area (Å²) in [7, 11) is 1.93. The molecule has 3 heteroatoms. The van der Waals surface area contributed by atoms with Crippen molar-refractivity contribution in [3.8, 4) is 0 Å². The third kappa shape index (κ3) is 5.14. The minimum Gasteiger partial charge on any atom is -0.388 e. The monoisotopic (exact) mass is 223 g/mol. The second-order valence-corrected chi connectivity index (χ2v) is 3.51. The summed E-state index contributed by atoms with van der Waals surface area (Å²) in [5.74, 6) is 0. The molecule has 1 aromatic rings. The first-order valence-corrected chi connectivity index (χ1v) is 5.79. The van der Waals surface area contributed by atoms with Gasteiger partial charge in [0.2, 0.25) is 0 Å². The van der Waals surface area contributed by atoms with E-state index in [0.29, 0.717) is 13.2 Å². The molecule has 1 N–H and O–H groups in total. The highest BCUT2D eigenvalue weighted by Gasteiger charge is 1.95. The smallest absolute Gasteiger partial charge is 0.0700 e. The summed E-state index contributed by atoms with van der Waals surface area (Å²) >= 11 is 0. The Bertz CT molecular complexity index is 289. The van der Waals surface area contributed by atoms with Gasteiger partial charge in [0.25, 0.3) is 0 Å². The lowest BCUT2D eigenvalue weighted by Crippen LogP contribution is -2.06. The zero-order chi connectivity index (χ0) is 11.6. The molecule has 0 aromatic heterocycles. The van der Waals surface area contributed by atoms with Gasteiger partial charge in [-0.05, 0) is 31.0 Å². The molecule has 0 spiro atoms. The van der Waals surface area contributed by atoms with E-state index in [1.165, 1.54) is 5.56 Å². The lowest BCUT2D eigenvalue weighted by molar-refractivity contribution is 0.0541. The van der Waals surface area contributed by atoms with Crippen LogP contribution in [0.25, 0.3) is 0 Å². The molecule has 0 atom stereocenters. The van der Waals surface area contributed by atoms with Crippen molar-refractivity contribution in [3.05, 3.63) is 29.8 Å². The predicted octanol–water partition coefficient (Wildman–Crippen LogP) is 2.32. The second kappa shape index (κ2) is 8.13. The van der Waals surface area contributed by atoms with Crippen molar-refractivity contribution in [3.63, 3.8) is 0 Å². The number of hydrogen-bond acceptors (Lipinski definition) is 3. The highest BCUT2D eigenvalue weighted by Crippen LogP contribution is 2.10. The average Bonchev–Trinajstić information content (AvgIpc) is 2.34. The van der Waals surface area contributed by atoms with Crippen molar-refractivity contribution in [2.75, 3.05) is 38.8 Å². The fraction of sp³-hybridized carbons (Fsp3) is 0.538. The highest BCUT2D eigenvalue weighted by molar-refractivity contribution is 5.44. The molecule has 0 saturated heterocycles. The van der Waals surface area contributed by atoms with Crippen molar-refractivity contribution in [1.29, 1.82) is 0 Å². The van der Waals surface area contributed by atoms with Crippen LogP contribution in [-0.2, 0) is 15.9 Å². The molecule has 90 valence electrons. The van der Waals surface area contributed by atoms with Gasteiger partial charge >= 0.3 is 0 Å². The zero-order valence-corrected chi connectivity index (χ0v) is 10.2. The quantitative estimate of drug-likeness (QED) is 0.686. The summed E-state index contributed by atoms with van der Waals surface area (Å²) < 4.78 is 10.7. The summed E-state index contributed by atoms with van der Waals surface area (Å²) in [6.45, 7) is 4.86. The first-order chi connectivity index (χ1) is 7.86. The molecule has 0 amide bonds. The van der Waals surface area contributed by atoms with E-state index >= 15 is 0 Å². The average molecular weight is 223 g/mol. The minimum absolute atomic E-state index is 0.680. The fourth-order valence-corrected chi connectivity index (χ4v) is 1.44. The van der Waals surface area contributed by atoms with E-state index in [1.807, 2.05) is 14.0 Å². The van der Waals surface area contributed by atoms with Crippen LogP contribution in [0.5, 0.6) is 0 Å². The van der Waals surface area contributed by atoms with Crippen molar-refractivity contribution in [1.82, 2.24) is 0 Å². The SMILES string of the molecule is CCOCCOCCc1cccc(NC)c1. The third-order valence-corrected chi connectivity index (χ3v) is 2.33. The summed E-state index contributed by atoms with van der Waals surface area (Å²) in [6.07, 6.45) is 0.946. The molecule has 16 heavy (non-hydrogen) atoms. The Balaban J connectivity index is 2.16. The molecule has 3 nitrogen and oxygen atoms in total. The number of rotatable bonds is 8. The van der Waals surface area contributed by atoms with E-state index < -0.39 is 0 Å². The van der Waals surface area contributed by atoms with E-state index in [2.05, 4.69) is 29.6 Å². The van der Waals surface area contributed by atoms with E-state index in [-0.39, 0.29) is 0 Å². The van der Waals surface area contributed by atoms with E-state index in [9.17, 15) is 0 Å². The molecule has 0 heterocycles. The first-order valence-electron chi connectivity index (χ1n) is 5.79. The largest absolute Gasteiger partial charge is 0.388 e. The fourth-order valence-electron chi connectivity index (χ4n) is 1.44. The van der Waals surface area contributed by atoms with Gasteiger partial charge in [0.1, 0.15) is 0 Å². The minimum atomic E-state index is 0.680. The van der Waals surface area contributed by atoms with E-state index in [4.69, 9.17) is 9.47 Å². The van der Waals surface area contributed by atoms with Crippen LogP contribution in [0.4, 0.5) is 5.69 Å². The Labute approximate surface area is 97.8 Å². The van der Waals surface area contributed by atoms with Gasteiger partial charge in [-0.25, -0.2) is 0 Å². The maximum atomic E-state index is 5.47. The number of anilines is 1. The standard InChI is InChI=1S/C13H21NO2/c1-3-15-9-10-16-8-7-12-5-4-6-13(11-12)14-2/h4-6,11,14H,3,7-10H2,1-2H3. The van der Waals surface area contributed by atoms with Gasteiger partial charge in [0.15, 0.2) is 0 Å². The van der Waals surface area contributed by atoms with Gasteiger partial charge in [-0.15, -0.1) is 0 Å². The Morgan fingerprint density at radius 3 is 2.69 bits per heavy atom. The van der Waals surface area contributed by atoms with Gasteiger partial charge < -0.3 is 14.8 Å². The van der Waals surface area contributed by atoms with Crippen LogP contribution in [-0.4, -0.2) is 33.5 Å². The molecule has 0 aliphatic heterocycles. The molecule has 0 aliphatic rings. The summed E-state index contributed by atoms with van der Waals surface area (Å²) in [5, 5.41) is 3.12. The van der Waals surface area contributed by atoms with Crippen LogP contribution in [0.1, 0.15) is 12.5 Å². The lowest BCUT2D eigenvalue weighted by Gasteiger charge is -2.06. The van der Waals surface area contributed by atoms with Gasteiger partial charge in [0, 0.05) is 19.3 Å². The van der Waals surface area contributed by atoms with E-state index in [1.54, 1.807) is 0 Å². The topological polar surface area (TPSA) is 30.5 Å². The van der Waals surface area contributed by atoms with Crippen molar-refractivity contribution < 1.29 is 9.47 Å². The summed E-state index contributed by atoms with van der Waals surface area (Å²) in [5.41, 5.74) is 2.44. The molecular formula is C13H21NO2. The third-order valence-electron chi connectivity index (χ3n) is 2.33. The highest BCUT2D eigenvalue weighted by atomic mass is 16.5. The van der Waals surface area contributed by atoms with Crippen LogP contribution in [0.15, 0.2) is 24.3 Å². The number of benzene rings is 1. The predicted molar refractivity (Wildman–Crippen MR) is 67.0 cm³/mol. The second-order valence-electron chi connectivity index (χ2n) is 3.51. The molecular weight excluding hydrogens is 202 g/mol. The lowest BCUT2D eigenvalue weighted by atomic mass is 10.1. The maximum absolute atomic E-state index is 5.47. The normalized spacial score (nSPS) is 10.4. The van der Waals surface area contributed by atoms with Crippen molar-refractivity contribution in [2.24, 2.45) is 0 Å². The zero-order valence-electron chi connectivity index (χ0n) is 10.2. The van der Waals surface area contributed by atoms with Crippen molar-refractivity contribution >= 4 is 5.69 Å². The molecule has 1 aromatic carbocycles. The Hall–Kier alpha value is -1.06. The molecule has 0 aliphatic carbocycles. The van der Waals surface area contributed by atoms with Gasteiger partial charge in [0.05, 0.1) is 19.8 Å². The van der Waals surface area contributed by atoms with Crippen LogP contribution < -0.4 is 5.32 Å². The number of ether oxygens (including phenoxy) is 2.